The summed E-state index contributed by atoms with van der Waals surface area (Å²) < 4.78 is 24.1. The minimum Gasteiger partial charge on any atom is -0.369 e. The van der Waals surface area contributed by atoms with Crippen LogP contribution in [0.25, 0.3) is 0 Å². The van der Waals surface area contributed by atoms with Crippen molar-refractivity contribution in [3.05, 3.63) is 18.1 Å². The molecule has 0 aliphatic rings. The normalized spacial score (nSPS) is 11.8. The fourth-order valence-corrected chi connectivity index (χ4v) is 1.77. The van der Waals surface area contributed by atoms with Gasteiger partial charge in [0.1, 0.15) is 11.6 Å². The van der Waals surface area contributed by atoms with Gasteiger partial charge in [-0.15, -0.1) is 0 Å². The number of aryl methyl sites for hydroxylation is 1. The molecule has 90 valence electrons. The molecule has 1 heterocycles. The van der Waals surface area contributed by atoms with Crippen LogP contribution in [0.1, 0.15) is 5.82 Å². The molecule has 1 aromatic rings. The highest BCUT2D eigenvalue weighted by Gasteiger charge is 2.12. The van der Waals surface area contributed by atoms with E-state index in [4.69, 9.17) is 0 Å². The average molecular weight is 244 g/mol. The second-order valence-electron chi connectivity index (χ2n) is 3.51. The van der Waals surface area contributed by atoms with E-state index in [-0.39, 0.29) is 5.75 Å². The van der Waals surface area contributed by atoms with Crippen LogP contribution >= 0.6 is 0 Å². The van der Waals surface area contributed by atoms with Gasteiger partial charge >= 0.3 is 0 Å². The van der Waals surface area contributed by atoms with Crippen LogP contribution in [0.5, 0.6) is 0 Å². The fraction of sp³-hybridized carbons (Fsp3) is 0.556. The molecule has 0 bridgehead atoms. The van der Waals surface area contributed by atoms with Gasteiger partial charge in [-0.1, -0.05) is 0 Å². The van der Waals surface area contributed by atoms with Crippen LogP contribution in [0, 0.1) is 6.92 Å². The molecule has 0 aliphatic carbocycles. The highest BCUT2D eigenvalue weighted by molar-refractivity contribution is 7.89. The quantitative estimate of drug-likeness (QED) is 0.794. The summed E-state index contributed by atoms with van der Waals surface area (Å²) in [6.45, 7) is 2.11. The Morgan fingerprint density at radius 1 is 1.44 bits per heavy atom. The molecule has 0 aliphatic heterocycles. The first-order valence-electron chi connectivity index (χ1n) is 4.85. The number of hydrogen-bond donors (Lipinski definition) is 1. The summed E-state index contributed by atoms with van der Waals surface area (Å²) in [6.07, 6.45) is 1.63. The van der Waals surface area contributed by atoms with E-state index < -0.39 is 10.0 Å². The summed E-state index contributed by atoms with van der Waals surface area (Å²) in [6, 6.07) is 1.70. The summed E-state index contributed by atoms with van der Waals surface area (Å²) in [5.74, 6) is 1.34. The number of rotatable bonds is 5. The molecule has 6 nitrogen and oxygen atoms in total. The third-order valence-electron chi connectivity index (χ3n) is 2.00. The van der Waals surface area contributed by atoms with Gasteiger partial charge in [0.15, 0.2) is 0 Å². The van der Waals surface area contributed by atoms with Gasteiger partial charge in [0.2, 0.25) is 10.0 Å². The highest BCUT2D eigenvalue weighted by atomic mass is 32.2. The number of anilines is 1. The first kappa shape index (κ1) is 12.9. The summed E-state index contributed by atoms with van der Waals surface area (Å²) in [5, 5.41) is 2.94. The van der Waals surface area contributed by atoms with Crippen molar-refractivity contribution in [1.82, 2.24) is 14.3 Å². The van der Waals surface area contributed by atoms with Gasteiger partial charge in [0, 0.05) is 26.8 Å². The van der Waals surface area contributed by atoms with E-state index in [0.717, 1.165) is 0 Å². The first-order chi connectivity index (χ1) is 7.42. The number of aromatic nitrogens is 2. The predicted molar refractivity (Wildman–Crippen MR) is 62.7 cm³/mol. The summed E-state index contributed by atoms with van der Waals surface area (Å²) >= 11 is 0. The number of hydrogen-bond acceptors (Lipinski definition) is 5. The number of nitrogens with one attached hydrogen (secondary N) is 1. The van der Waals surface area contributed by atoms with Crippen LogP contribution in [-0.2, 0) is 10.0 Å². The van der Waals surface area contributed by atoms with Crippen molar-refractivity contribution in [3.8, 4) is 0 Å². The van der Waals surface area contributed by atoms with Gasteiger partial charge < -0.3 is 5.32 Å². The zero-order valence-corrected chi connectivity index (χ0v) is 10.5. The zero-order chi connectivity index (χ0) is 12.2. The Morgan fingerprint density at radius 3 is 2.69 bits per heavy atom. The Kier molecular flexibility index (Phi) is 4.19. The van der Waals surface area contributed by atoms with E-state index >= 15 is 0 Å². The molecule has 0 spiro atoms. The molecule has 0 aromatic carbocycles. The largest absolute Gasteiger partial charge is 0.369 e. The molecule has 0 unspecified atom stereocenters. The van der Waals surface area contributed by atoms with Crippen molar-refractivity contribution < 1.29 is 8.42 Å². The maximum absolute atomic E-state index is 11.4. The van der Waals surface area contributed by atoms with Crippen LogP contribution in [0.3, 0.4) is 0 Å². The molecule has 1 N–H and O–H groups in total. The second kappa shape index (κ2) is 5.22. The van der Waals surface area contributed by atoms with E-state index in [1.165, 1.54) is 18.4 Å². The fourth-order valence-electron chi connectivity index (χ4n) is 1.05. The van der Waals surface area contributed by atoms with Crippen molar-refractivity contribution in [2.24, 2.45) is 0 Å². The number of sulfonamides is 1. The summed E-state index contributed by atoms with van der Waals surface area (Å²) in [4.78, 5) is 8.05. The summed E-state index contributed by atoms with van der Waals surface area (Å²) in [7, 11) is -0.115. The Labute approximate surface area is 95.8 Å². The van der Waals surface area contributed by atoms with Crippen molar-refractivity contribution in [2.45, 2.75) is 6.92 Å². The topological polar surface area (TPSA) is 75.2 Å². The maximum Gasteiger partial charge on any atom is 0.215 e. The van der Waals surface area contributed by atoms with E-state index in [9.17, 15) is 8.42 Å². The van der Waals surface area contributed by atoms with Crippen molar-refractivity contribution in [1.29, 1.82) is 0 Å². The lowest BCUT2D eigenvalue weighted by molar-refractivity contribution is 0.521. The molecule has 0 radical (unpaired) electrons. The Balaban J connectivity index is 2.48. The molecular formula is C9H16N4O2S. The van der Waals surface area contributed by atoms with Gasteiger partial charge in [-0.2, -0.15) is 0 Å². The molecule has 0 amide bonds. The van der Waals surface area contributed by atoms with Crippen molar-refractivity contribution >= 4 is 15.8 Å². The minimum absolute atomic E-state index is 0.0447. The van der Waals surface area contributed by atoms with E-state index in [2.05, 4.69) is 15.3 Å². The van der Waals surface area contributed by atoms with Crippen LogP contribution in [-0.4, -0.2) is 49.1 Å². The van der Waals surface area contributed by atoms with Gasteiger partial charge in [0.25, 0.3) is 0 Å². The first-order valence-corrected chi connectivity index (χ1v) is 6.46. The van der Waals surface area contributed by atoms with Crippen LogP contribution < -0.4 is 5.32 Å². The predicted octanol–water partition coefficient (Wildman–Crippen LogP) is 0.0883. The smallest absolute Gasteiger partial charge is 0.215 e. The maximum atomic E-state index is 11.4. The Bertz CT molecular complexity index is 445. The lowest BCUT2D eigenvalue weighted by atomic mass is 10.5. The third kappa shape index (κ3) is 3.74. The van der Waals surface area contributed by atoms with Crippen LogP contribution in [0.15, 0.2) is 12.3 Å². The number of nitrogens with zero attached hydrogens (tertiary/aromatic N) is 3. The lowest BCUT2D eigenvalue weighted by Gasteiger charge is -2.11. The van der Waals surface area contributed by atoms with Crippen molar-refractivity contribution in [3.63, 3.8) is 0 Å². The molecule has 1 aromatic heterocycles. The van der Waals surface area contributed by atoms with E-state index in [0.29, 0.717) is 18.2 Å². The highest BCUT2D eigenvalue weighted by Crippen LogP contribution is 2.01. The monoisotopic (exact) mass is 244 g/mol. The van der Waals surface area contributed by atoms with Crippen LogP contribution in [0.4, 0.5) is 5.82 Å². The Morgan fingerprint density at radius 2 is 2.12 bits per heavy atom. The van der Waals surface area contributed by atoms with E-state index in [1.807, 2.05) is 0 Å². The molecule has 0 saturated carbocycles. The minimum atomic E-state index is -3.15. The molecule has 0 atom stereocenters. The molecular weight excluding hydrogens is 228 g/mol. The SMILES string of the molecule is Cc1nccc(NCCS(=O)(=O)N(C)C)n1. The third-order valence-corrected chi connectivity index (χ3v) is 3.83. The van der Waals surface area contributed by atoms with Gasteiger partial charge in [0.05, 0.1) is 5.75 Å². The van der Waals surface area contributed by atoms with E-state index in [1.54, 1.807) is 19.2 Å². The molecule has 7 heteroatoms. The molecule has 0 saturated heterocycles. The van der Waals surface area contributed by atoms with Crippen LogP contribution in [0.2, 0.25) is 0 Å². The van der Waals surface area contributed by atoms with Gasteiger partial charge in [-0.05, 0) is 13.0 Å². The molecule has 1 rings (SSSR count). The zero-order valence-electron chi connectivity index (χ0n) is 9.64. The molecule has 16 heavy (non-hydrogen) atoms. The van der Waals surface area contributed by atoms with Gasteiger partial charge in [-0.25, -0.2) is 22.7 Å². The lowest BCUT2D eigenvalue weighted by Crippen LogP contribution is -2.28. The molecule has 0 fully saturated rings. The average Bonchev–Trinajstić information content (AvgIpc) is 2.17. The van der Waals surface area contributed by atoms with Crippen molar-refractivity contribution in [2.75, 3.05) is 31.7 Å². The van der Waals surface area contributed by atoms with Gasteiger partial charge in [-0.3, -0.25) is 0 Å². The summed E-state index contributed by atoms with van der Waals surface area (Å²) in [5.41, 5.74) is 0. The Hall–Kier alpha value is -1.21. The standard InChI is InChI=1S/C9H16N4O2S/c1-8-10-5-4-9(12-8)11-6-7-16(14,15)13(2)3/h4-5H,6-7H2,1-3H3,(H,10,11,12). The second-order valence-corrected chi connectivity index (χ2v) is 5.82.